The van der Waals surface area contributed by atoms with Crippen LogP contribution in [0.25, 0.3) is 0 Å². The second kappa shape index (κ2) is 8.11. The molecule has 0 amide bonds. The van der Waals surface area contributed by atoms with Crippen LogP contribution in [-0.2, 0) is 5.60 Å². The molecule has 0 saturated carbocycles. The van der Waals surface area contributed by atoms with Crippen molar-refractivity contribution in [2.24, 2.45) is 4.99 Å². The molecule has 1 heterocycles. The molecule has 0 radical (unpaired) electrons. The van der Waals surface area contributed by atoms with Crippen LogP contribution in [0.5, 0.6) is 5.75 Å². The average Bonchev–Trinajstić information content (AvgIpc) is 3.17. The average molecular weight is 465 g/mol. The first kappa shape index (κ1) is 22.1. The van der Waals surface area contributed by atoms with Crippen LogP contribution in [0.3, 0.4) is 0 Å². The third kappa shape index (κ3) is 4.03. The summed E-state index contributed by atoms with van der Waals surface area (Å²) < 4.78 is 60.2. The number of nitrogens with zero attached hydrogens (tertiary/aromatic N) is 1. The number of fused-ring (bicyclic) bond motifs is 1. The first-order valence-corrected chi connectivity index (χ1v) is 9.86. The molecule has 0 bridgehead atoms. The molecule has 1 aliphatic heterocycles. The highest BCUT2D eigenvalue weighted by molar-refractivity contribution is 6.33. The lowest BCUT2D eigenvalue weighted by Crippen LogP contribution is -2.47. The molecule has 0 spiro atoms. The Bertz CT molecular complexity index is 1180. The van der Waals surface area contributed by atoms with E-state index in [4.69, 9.17) is 22.1 Å². The van der Waals surface area contributed by atoms with Gasteiger partial charge in [0.15, 0.2) is 0 Å². The van der Waals surface area contributed by atoms with Crippen LogP contribution in [0.1, 0.15) is 28.3 Å². The van der Waals surface area contributed by atoms with E-state index in [1.807, 2.05) is 0 Å². The van der Waals surface area contributed by atoms with Gasteiger partial charge in [0.25, 0.3) is 0 Å². The monoisotopic (exact) mass is 464 g/mol. The molecule has 166 valence electrons. The standard InChI is InChI=1S/C23H17ClF4N2O2/c24-19-10-17(6-8-20(19)29)32-12-22(31,23(26,27)28)15-3-7-18-14(9-15)11-30-21(18)13-1-4-16(25)5-2-13/h1-11,21,31H,12,29H2. The van der Waals surface area contributed by atoms with Gasteiger partial charge in [-0.2, -0.15) is 13.2 Å². The molecule has 1 aliphatic rings. The number of rotatable bonds is 5. The van der Waals surface area contributed by atoms with Crippen molar-refractivity contribution in [2.45, 2.75) is 17.8 Å². The molecule has 3 aromatic rings. The fourth-order valence-electron chi connectivity index (χ4n) is 3.45. The maximum atomic E-state index is 13.9. The fraction of sp³-hybridized carbons (Fsp3) is 0.174. The topological polar surface area (TPSA) is 67.8 Å². The smallest absolute Gasteiger partial charge is 0.424 e. The Kier molecular flexibility index (Phi) is 5.60. The van der Waals surface area contributed by atoms with E-state index in [0.29, 0.717) is 16.7 Å². The van der Waals surface area contributed by atoms with Gasteiger partial charge in [0, 0.05) is 12.3 Å². The first-order valence-electron chi connectivity index (χ1n) is 9.48. The maximum absolute atomic E-state index is 13.9. The second-order valence-corrected chi connectivity index (χ2v) is 7.81. The quantitative estimate of drug-likeness (QED) is 0.392. The van der Waals surface area contributed by atoms with Crippen LogP contribution in [-0.4, -0.2) is 24.1 Å². The SMILES string of the molecule is Nc1ccc(OCC(O)(c2ccc3c(c2)C=NC3c2ccc(F)cc2)C(F)(F)F)cc1Cl. The number of aliphatic hydroxyl groups is 1. The summed E-state index contributed by atoms with van der Waals surface area (Å²) in [5, 5.41) is 10.8. The van der Waals surface area contributed by atoms with E-state index in [1.54, 1.807) is 12.1 Å². The Balaban J connectivity index is 1.64. The van der Waals surface area contributed by atoms with Gasteiger partial charge in [-0.25, -0.2) is 4.39 Å². The normalized spacial score (nSPS) is 17.1. The molecule has 3 aromatic carbocycles. The maximum Gasteiger partial charge on any atom is 0.424 e. The Labute approximate surface area is 185 Å². The van der Waals surface area contributed by atoms with Crippen LogP contribution >= 0.6 is 11.6 Å². The van der Waals surface area contributed by atoms with Gasteiger partial charge in [0.2, 0.25) is 5.60 Å². The van der Waals surface area contributed by atoms with Crippen molar-refractivity contribution in [3.8, 4) is 5.75 Å². The zero-order valence-electron chi connectivity index (χ0n) is 16.4. The number of aliphatic imine (C=N–C) groups is 1. The fourth-order valence-corrected chi connectivity index (χ4v) is 3.62. The predicted molar refractivity (Wildman–Crippen MR) is 114 cm³/mol. The van der Waals surface area contributed by atoms with E-state index < -0.39 is 35.8 Å². The van der Waals surface area contributed by atoms with Crippen LogP contribution in [0.4, 0.5) is 23.2 Å². The number of hydrogen-bond donors (Lipinski definition) is 2. The van der Waals surface area contributed by atoms with Gasteiger partial charge in [-0.3, -0.25) is 4.99 Å². The van der Waals surface area contributed by atoms with Gasteiger partial charge < -0.3 is 15.6 Å². The number of nitrogen functional groups attached to an aromatic ring is 1. The molecule has 3 N–H and O–H groups in total. The number of halogens is 5. The molecular weight excluding hydrogens is 448 g/mol. The minimum Gasteiger partial charge on any atom is -0.490 e. The molecule has 0 saturated heterocycles. The molecule has 0 aromatic heterocycles. The highest BCUT2D eigenvalue weighted by atomic mass is 35.5. The Morgan fingerprint density at radius 2 is 1.75 bits per heavy atom. The zero-order chi connectivity index (χ0) is 23.1. The molecule has 4 nitrogen and oxygen atoms in total. The molecule has 32 heavy (non-hydrogen) atoms. The van der Waals surface area contributed by atoms with Gasteiger partial charge in [-0.1, -0.05) is 35.9 Å². The lowest BCUT2D eigenvalue weighted by Gasteiger charge is -2.31. The lowest BCUT2D eigenvalue weighted by atomic mass is 9.89. The summed E-state index contributed by atoms with van der Waals surface area (Å²) in [4.78, 5) is 4.33. The van der Waals surface area contributed by atoms with Crippen LogP contribution < -0.4 is 10.5 Å². The summed E-state index contributed by atoms with van der Waals surface area (Å²) in [5.41, 5.74) is 3.95. The van der Waals surface area contributed by atoms with E-state index in [-0.39, 0.29) is 16.5 Å². The van der Waals surface area contributed by atoms with Gasteiger partial charge in [-0.05, 0) is 52.6 Å². The number of hydrogen-bond acceptors (Lipinski definition) is 4. The van der Waals surface area contributed by atoms with Crippen LogP contribution in [0.15, 0.2) is 65.7 Å². The summed E-state index contributed by atoms with van der Waals surface area (Å²) >= 11 is 5.88. The highest BCUT2D eigenvalue weighted by Gasteiger charge is 2.56. The summed E-state index contributed by atoms with van der Waals surface area (Å²) in [5.74, 6) is -0.366. The largest absolute Gasteiger partial charge is 0.490 e. The van der Waals surface area contributed by atoms with Gasteiger partial charge >= 0.3 is 6.18 Å². The number of ether oxygens (including phenoxy) is 1. The summed E-state index contributed by atoms with van der Waals surface area (Å²) in [6.45, 7) is -1.09. The van der Waals surface area contributed by atoms with Crippen molar-refractivity contribution < 1.29 is 27.4 Å². The lowest BCUT2D eigenvalue weighted by molar-refractivity contribution is -0.275. The summed E-state index contributed by atoms with van der Waals surface area (Å²) in [6, 6.07) is 13.2. The van der Waals surface area contributed by atoms with Crippen molar-refractivity contribution in [3.63, 3.8) is 0 Å². The van der Waals surface area contributed by atoms with E-state index in [0.717, 1.165) is 0 Å². The van der Waals surface area contributed by atoms with Gasteiger partial charge in [-0.15, -0.1) is 0 Å². The van der Waals surface area contributed by atoms with Crippen LogP contribution in [0, 0.1) is 5.82 Å². The van der Waals surface area contributed by atoms with E-state index in [1.165, 1.54) is 54.7 Å². The van der Waals surface area contributed by atoms with E-state index in [9.17, 15) is 22.7 Å². The minimum atomic E-state index is -5.02. The van der Waals surface area contributed by atoms with Crippen molar-refractivity contribution in [1.82, 2.24) is 0 Å². The minimum absolute atomic E-state index is 0.0333. The van der Waals surface area contributed by atoms with Crippen molar-refractivity contribution in [2.75, 3.05) is 12.3 Å². The number of nitrogens with two attached hydrogens (primary N) is 1. The zero-order valence-corrected chi connectivity index (χ0v) is 17.2. The van der Waals surface area contributed by atoms with Crippen LogP contribution in [0.2, 0.25) is 5.02 Å². The van der Waals surface area contributed by atoms with E-state index >= 15 is 0 Å². The molecule has 2 unspecified atom stereocenters. The van der Waals surface area contributed by atoms with Crippen molar-refractivity contribution in [3.05, 3.63) is 93.8 Å². The third-order valence-corrected chi connectivity index (χ3v) is 5.62. The predicted octanol–water partition coefficient (Wildman–Crippen LogP) is 5.41. The van der Waals surface area contributed by atoms with E-state index in [2.05, 4.69) is 4.99 Å². The highest BCUT2D eigenvalue weighted by Crippen LogP contribution is 2.42. The molecule has 2 atom stereocenters. The second-order valence-electron chi connectivity index (χ2n) is 7.41. The molecule has 4 rings (SSSR count). The number of anilines is 1. The molecule has 0 fully saturated rings. The Hall–Kier alpha value is -3.10. The van der Waals surface area contributed by atoms with Crippen molar-refractivity contribution in [1.29, 1.82) is 0 Å². The number of alkyl halides is 3. The Morgan fingerprint density at radius 3 is 2.41 bits per heavy atom. The molecule has 9 heteroatoms. The summed E-state index contributed by atoms with van der Waals surface area (Å²) in [6.07, 6.45) is -3.59. The number of benzene rings is 3. The molecular formula is C23H17ClF4N2O2. The van der Waals surface area contributed by atoms with Gasteiger partial charge in [0.05, 0.1) is 10.7 Å². The van der Waals surface area contributed by atoms with Crippen molar-refractivity contribution >= 4 is 23.5 Å². The Morgan fingerprint density at radius 1 is 1.03 bits per heavy atom. The third-order valence-electron chi connectivity index (χ3n) is 5.30. The first-order chi connectivity index (χ1) is 15.1. The molecule has 0 aliphatic carbocycles. The summed E-state index contributed by atoms with van der Waals surface area (Å²) in [7, 11) is 0. The van der Waals surface area contributed by atoms with Gasteiger partial charge in [0.1, 0.15) is 24.2 Å².